The second kappa shape index (κ2) is 6.12. The van der Waals surface area contributed by atoms with Gasteiger partial charge in [0.05, 0.1) is 5.56 Å². The first-order chi connectivity index (χ1) is 9.59. The summed E-state index contributed by atoms with van der Waals surface area (Å²) < 4.78 is 5.62. The number of aromatic nitrogens is 1. The van der Waals surface area contributed by atoms with Crippen LogP contribution >= 0.6 is 12.2 Å². The van der Waals surface area contributed by atoms with Crippen molar-refractivity contribution < 1.29 is 9.53 Å². The summed E-state index contributed by atoms with van der Waals surface area (Å²) in [7, 11) is 0. The summed E-state index contributed by atoms with van der Waals surface area (Å²) in [5.74, 6) is -0.126. The van der Waals surface area contributed by atoms with Crippen LogP contribution in [0.25, 0.3) is 0 Å². The number of hydrogen-bond donors (Lipinski definition) is 2. The van der Waals surface area contributed by atoms with Gasteiger partial charge in [-0.2, -0.15) is 0 Å². The summed E-state index contributed by atoms with van der Waals surface area (Å²) in [6, 6.07) is 10.3. The lowest BCUT2D eigenvalue weighted by atomic mass is 10.2. The van der Waals surface area contributed by atoms with Gasteiger partial charge in [0.15, 0.2) is 0 Å². The summed E-state index contributed by atoms with van der Waals surface area (Å²) in [5, 5.41) is 0. The monoisotopic (exact) mass is 287 g/mol. The number of primary amides is 1. The Kier molecular flexibility index (Phi) is 4.27. The minimum atomic E-state index is -0.540. The second-order valence-electron chi connectivity index (χ2n) is 4.02. The summed E-state index contributed by atoms with van der Waals surface area (Å²) in [6.45, 7) is 0.199. The Labute approximate surface area is 121 Å². The van der Waals surface area contributed by atoms with Gasteiger partial charge in [-0.05, 0) is 18.2 Å². The first-order valence-electron chi connectivity index (χ1n) is 5.85. The smallest absolute Gasteiger partial charge is 0.252 e. The third-order valence-electron chi connectivity index (χ3n) is 2.66. The van der Waals surface area contributed by atoms with Gasteiger partial charge >= 0.3 is 0 Å². The first-order valence-corrected chi connectivity index (χ1v) is 6.25. The molecule has 2 aromatic rings. The average molecular weight is 287 g/mol. The van der Waals surface area contributed by atoms with Crippen molar-refractivity contribution in [2.75, 3.05) is 0 Å². The van der Waals surface area contributed by atoms with E-state index in [0.717, 1.165) is 5.56 Å². The maximum Gasteiger partial charge on any atom is 0.252 e. The van der Waals surface area contributed by atoms with E-state index in [4.69, 9.17) is 28.4 Å². The lowest BCUT2D eigenvalue weighted by Crippen LogP contribution is -2.16. The van der Waals surface area contributed by atoms with Gasteiger partial charge in [-0.3, -0.25) is 9.78 Å². The summed E-state index contributed by atoms with van der Waals surface area (Å²) >= 11 is 4.93. The third-order valence-corrected chi connectivity index (χ3v) is 2.85. The zero-order valence-corrected chi connectivity index (χ0v) is 11.4. The molecule has 0 aliphatic rings. The van der Waals surface area contributed by atoms with Crippen molar-refractivity contribution in [3.63, 3.8) is 0 Å². The van der Waals surface area contributed by atoms with Crippen molar-refractivity contribution in [1.29, 1.82) is 0 Å². The molecule has 0 saturated heterocycles. The van der Waals surface area contributed by atoms with E-state index in [-0.39, 0.29) is 11.6 Å². The Hall–Kier alpha value is -2.47. The van der Waals surface area contributed by atoms with Crippen molar-refractivity contribution in [3.8, 4) is 5.75 Å². The fourth-order valence-electron chi connectivity index (χ4n) is 1.73. The zero-order valence-electron chi connectivity index (χ0n) is 10.6. The van der Waals surface area contributed by atoms with E-state index in [1.807, 2.05) is 6.07 Å². The van der Waals surface area contributed by atoms with E-state index in [1.54, 1.807) is 36.5 Å². The molecule has 2 rings (SSSR count). The Morgan fingerprint density at radius 1 is 1.20 bits per heavy atom. The van der Waals surface area contributed by atoms with Crippen LogP contribution in [0.15, 0.2) is 42.6 Å². The fraction of sp³-hybridized carbons (Fsp3) is 0.0714. The Morgan fingerprint density at radius 3 is 2.65 bits per heavy atom. The quantitative estimate of drug-likeness (QED) is 0.811. The van der Waals surface area contributed by atoms with Crippen molar-refractivity contribution in [1.82, 2.24) is 4.98 Å². The molecule has 1 aromatic heterocycles. The standard InChI is InChI=1S/C14H13N3O2S/c15-13(18)10-5-1-2-6-11(10)19-8-9-4-3-7-17-12(9)14(16)20/h1-7H,8H2,(H2,15,18)(H2,16,20). The fourth-order valence-corrected chi connectivity index (χ4v) is 1.91. The zero-order chi connectivity index (χ0) is 14.5. The molecule has 6 heteroatoms. The van der Waals surface area contributed by atoms with E-state index in [2.05, 4.69) is 4.98 Å². The Bertz CT molecular complexity index is 601. The van der Waals surface area contributed by atoms with Crippen LogP contribution in [0.2, 0.25) is 0 Å². The topological polar surface area (TPSA) is 91.2 Å². The Balaban J connectivity index is 2.22. The van der Waals surface area contributed by atoms with E-state index >= 15 is 0 Å². The molecule has 1 heterocycles. The van der Waals surface area contributed by atoms with Gasteiger partial charge in [0.25, 0.3) is 5.91 Å². The predicted molar refractivity (Wildman–Crippen MR) is 79.4 cm³/mol. The molecule has 0 spiro atoms. The van der Waals surface area contributed by atoms with Gasteiger partial charge in [-0.15, -0.1) is 0 Å². The molecule has 5 nitrogen and oxygen atoms in total. The average Bonchev–Trinajstić information content (AvgIpc) is 2.45. The molecule has 102 valence electrons. The number of ether oxygens (including phenoxy) is 1. The van der Waals surface area contributed by atoms with Gasteiger partial charge in [0, 0.05) is 11.8 Å². The summed E-state index contributed by atoms with van der Waals surface area (Å²) in [6.07, 6.45) is 1.61. The number of nitrogens with zero attached hydrogens (tertiary/aromatic N) is 1. The van der Waals surface area contributed by atoms with Crippen molar-refractivity contribution >= 4 is 23.1 Å². The van der Waals surface area contributed by atoms with Gasteiger partial charge in [0.1, 0.15) is 23.0 Å². The number of rotatable bonds is 5. The molecule has 0 fully saturated rings. The van der Waals surface area contributed by atoms with E-state index < -0.39 is 5.91 Å². The maximum atomic E-state index is 11.3. The third kappa shape index (κ3) is 3.10. The minimum absolute atomic E-state index is 0.199. The maximum absolute atomic E-state index is 11.3. The number of pyridine rings is 1. The summed E-state index contributed by atoms with van der Waals surface area (Å²) in [5.41, 5.74) is 12.5. The molecular formula is C14H13N3O2S. The molecule has 0 aliphatic carbocycles. The number of carbonyl (C=O) groups excluding carboxylic acids is 1. The molecular weight excluding hydrogens is 274 g/mol. The predicted octanol–water partition coefficient (Wildman–Crippen LogP) is 1.39. The number of thiocarbonyl (C=S) groups is 1. The highest BCUT2D eigenvalue weighted by Crippen LogP contribution is 2.19. The number of para-hydroxylation sites is 1. The van der Waals surface area contributed by atoms with Crippen LogP contribution in [0.5, 0.6) is 5.75 Å². The highest BCUT2D eigenvalue weighted by Gasteiger charge is 2.11. The van der Waals surface area contributed by atoms with Crippen LogP contribution in [-0.2, 0) is 6.61 Å². The van der Waals surface area contributed by atoms with Crippen molar-refractivity contribution in [3.05, 3.63) is 59.4 Å². The van der Waals surface area contributed by atoms with E-state index in [9.17, 15) is 4.79 Å². The van der Waals surface area contributed by atoms with Crippen LogP contribution in [0.4, 0.5) is 0 Å². The second-order valence-corrected chi connectivity index (χ2v) is 4.46. The Morgan fingerprint density at radius 2 is 1.95 bits per heavy atom. The first kappa shape index (κ1) is 14.0. The minimum Gasteiger partial charge on any atom is -0.488 e. The molecule has 1 amide bonds. The summed E-state index contributed by atoms with van der Waals surface area (Å²) in [4.78, 5) is 15.6. The molecule has 0 saturated carbocycles. The van der Waals surface area contributed by atoms with Crippen LogP contribution in [0.1, 0.15) is 21.6 Å². The van der Waals surface area contributed by atoms with Gasteiger partial charge in [0.2, 0.25) is 0 Å². The number of carbonyl (C=O) groups is 1. The number of amides is 1. The molecule has 0 unspecified atom stereocenters. The van der Waals surface area contributed by atoms with Crippen LogP contribution in [-0.4, -0.2) is 15.9 Å². The molecule has 4 N–H and O–H groups in total. The molecule has 0 bridgehead atoms. The number of nitrogens with two attached hydrogens (primary N) is 2. The van der Waals surface area contributed by atoms with Gasteiger partial charge in [-0.25, -0.2) is 0 Å². The van der Waals surface area contributed by atoms with Crippen molar-refractivity contribution in [2.24, 2.45) is 11.5 Å². The highest BCUT2D eigenvalue weighted by molar-refractivity contribution is 7.80. The molecule has 0 atom stereocenters. The lowest BCUT2D eigenvalue weighted by molar-refractivity contribution is 0.0996. The highest BCUT2D eigenvalue weighted by atomic mass is 32.1. The number of hydrogen-bond acceptors (Lipinski definition) is 4. The van der Waals surface area contributed by atoms with Crippen LogP contribution in [0.3, 0.4) is 0 Å². The largest absolute Gasteiger partial charge is 0.488 e. The van der Waals surface area contributed by atoms with Gasteiger partial charge in [-0.1, -0.05) is 30.4 Å². The molecule has 1 aromatic carbocycles. The van der Waals surface area contributed by atoms with Gasteiger partial charge < -0.3 is 16.2 Å². The van der Waals surface area contributed by atoms with E-state index in [1.165, 1.54) is 0 Å². The number of benzene rings is 1. The van der Waals surface area contributed by atoms with Crippen molar-refractivity contribution in [2.45, 2.75) is 6.61 Å². The van der Waals surface area contributed by atoms with Crippen LogP contribution < -0.4 is 16.2 Å². The normalized spacial score (nSPS) is 10.0. The van der Waals surface area contributed by atoms with E-state index in [0.29, 0.717) is 17.0 Å². The van der Waals surface area contributed by atoms with Crippen LogP contribution in [0, 0.1) is 0 Å². The molecule has 0 radical (unpaired) electrons. The molecule has 0 aliphatic heterocycles. The SMILES string of the molecule is NC(=O)c1ccccc1OCc1cccnc1C(N)=S. The lowest BCUT2D eigenvalue weighted by Gasteiger charge is -2.11. The molecule has 20 heavy (non-hydrogen) atoms.